The predicted molar refractivity (Wildman–Crippen MR) is 94.4 cm³/mol. The minimum absolute atomic E-state index is 0.0179. The van der Waals surface area contributed by atoms with Gasteiger partial charge in [0.1, 0.15) is 24.5 Å². The van der Waals surface area contributed by atoms with E-state index in [1.165, 1.54) is 11.0 Å². The molecule has 1 amide bonds. The number of aryl methyl sites for hydroxylation is 1. The van der Waals surface area contributed by atoms with Crippen molar-refractivity contribution in [2.24, 2.45) is 0 Å². The van der Waals surface area contributed by atoms with E-state index in [0.29, 0.717) is 19.1 Å². The molecular weight excluding hydrogens is 332 g/mol. The van der Waals surface area contributed by atoms with Crippen LogP contribution in [0, 0.1) is 6.92 Å². The molecule has 1 N–H and O–H groups in total. The maximum atomic E-state index is 12.5. The molecule has 2 aliphatic rings. The van der Waals surface area contributed by atoms with Crippen LogP contribution in [0.1, 0.15) is 29.9 Å². The SMILES string of the molecule is Cc1nc2c(c(NC3CC=CC3)n1)CCN(C(=O)Cn1cnnn1)CC2. The molecule has 2 aromatic heterocycles. The largest absolute Gasteiger partial charge is 0.366 e. The lowest BCUT2D eigenvalue weighted by molar-refractivity contribution is -0.132. The molecule has 0 radical (unpaired) electrons. The van der Waals surface area contributed by atoms with Crippen molar-refractivity contribution in [2.45, 2.75) is 45.2 Å². The standard InChI is InChI=1S/C17H22N8O/c1-12-19-15-7-9-24(16(26)10-25-11-18-22-23-25)8-6-14(15)17(20-12)21-13-4-2-3-5-13/h2-3,11,13H,4-10H2,1H3,(H,19,20,21). The minimum atomic E-state index is 0.0179. The monoisotopic (exact) mass is 354 g/mol. The van der Waals surface area contributed by atoms with Crippen molar-refractivity contribution in [1.29, 1.82) is 0 Å². The molecule has 136 valence electrons. The van der Waals surface area contributed by atoms with E-state index in [4.69, 9.17) is 0 Å². The van der Waals surface area contributed by atoms with Crippen LogP contribution >= 0.6 is 0 Å². The van der Waals surface area contributed by atoms with Crippen LogP contribution in [0.5, 0.6) is 0 Å². The van der Waals surface area contributed by atoms with Gasteiger partial charge in [-0.15, -0.1) is 5.10 Å². The highest BCUT2D eigenvalue weighted by Crippen LogP contribution is 2.24. The van der Waals surface area contributed by atoms with E-state index in [2.05, 4.69) is 43.0 Å². The van der Waals surface area contributed by atoms with E-state index in [1.807, 2.05) is 11.8 Å². The zero-order chi connectivity index (χ0) is 17.9. The second-order valence-electron chi connectivity index (χ2n) is 6.72. The smallest absolute Gasteiger partial charge is 0.244 e. The van der Waals surface area contributed by atoms with Crippen LogP contribution in [0.4, 0.5) is 5.82 Å². The second kappa shape index (κ2) is 7.19. The van der Waals surface area contributed by atoms with Crippen LogP contribution in [0.25, 0.3) is 0 Å². The third-order valence-corrected chi connectivity index (χ3v) is 4.84. The maximum absolute atomic E-state index is 12.5. The van der Waals surface area contributed by atoms with Crippen molar-refractivity contribution in [3.8, 4) is 0 Å². The topological polar surface area (TPSA) is 102 Å². The molecule has 1 aliphatic carbocycles. The fourth-order valence-electron chi connectivity index (χ4n) is 3.51. The molecule has 0 atom stereocenters. The first kappa shape index (κ1) is 16.6. The summed E-state index contributed by atoms with van der Waals surface area (Å²) in [6.45, 7) is 3.38. The molecule has 2 aromatic rings. The Morgan fingerprint density at radius 1 is 1.23 bits per heavy atom. The van der Waals surface area contributed by atoms with E-state index < -0.39 is 0 Å². The second-order valence-corrected chi connectivity index (χ2v) is 6.72. The van der Waals surface area contributed by atoms with Gasteiger partial charge >= 0.3 is 0 Å². The lowest BCUT2D eigenvalue weighted by Crippen LogP contribution is -2.36. The number of carbonyl (C=O) groups is 1. The van der Waals surface area contributed by atoms with Gasteiger partial charge in [-0.05, 0) is 36.6 Å². The van der Waals surface area contributed by atoms with Crippen molar-refractivity contribution >= 4 is 11.7 Å². The third-order valence-electron chi connectivity index (χ3n) is 4.84. The minimum Gasteiger partial charge on any atom is -0.366 e. The van der Waals surface area contributed by atoms with Crippen molar-refractivity contribution in [3.63, 3.8) is 0 Å². The molecule has 9 nitrogen and oxygen atoms in total. The van der Waals surface area contributed by atoms with E-state index in [0.717, 1.165) is 48.6 Å². The molecule has 0 saturated heterocycles. The van der Waals surface area contributed by atoms with E-state index >= 15 is 0 Å². The Morgan fingerprint density at radius 3 is 2.81 bits per heavy atom. The number of nitrogens with zero attached hydrogens (tertiary/aromatic N) is 7. The van der Waals surface area contributed by atoms with Gasteiger partial charge in [0.05, 0.1) is 5.69 Å². The fraction of sp³-hybridized carbons (Fsp3) is 0.529. The van der Waals surface area contributed by atoms with E-state index in [-0.39, 0.29) is 12.5 Å². The summed E-state index contributed by atoms with van der Waals surface area (Å²) in [5.74, 6) is 1.71. The molecule has 0 spiro atoms. The molecule has 9 heteroatoms. The summed E-state index contributed by atoms with van der Waals surface area (Å²) in [7, 11) is 0. The summed E-state index contributed by atoms with van der Waals surface area (Å²) >= 11 is 0. The summed E-state index contributed by atoms with van der Waals surface area (Å²) in [6, 6.07) is 0.397. The Bertz CT molecular complexity index is 808. The maximum Gasteiger partial charge on any atom is 0.244 e. The van der Waals surface area contributed by atoms with E-state index in [9.17, 15) is 4.79 Å². The average Bonchev–Trinajstić information content (AvgIpc) is 3.26. The lowest BCUT2D eigenvalue weighted by Gasteiger charge is -2.20. The van der Waals surface area contributed by atoms with Crippen LogP contribution in [-0.4, -0.2) is 60.1 Å². The van der Waals surface area contributed by atoms with Gasteiger partial charge in [-0.1, -0.05) is 12.2 Å². The summed E-state index contributed by atoms with van der Waals surface area (Å²) in [4.78, 5) is 23.7. The predicted octanol–water partition coefficient (Wildman–Crippen LogP) is 0.529. The first-order valence-electron chi connectivity index (χ1n) is 8.95. The molecule has 0 aromatic carbocycles. The van der Waals surface area contributed by atoms with Crippen LogP contribution < -0.4 is 5.32 Å². The van der Waals surface area contributed by atoms with Crippen molar-refractivity contribution in [3.05, 3.63) is 35.6 Å². The van der Waals surface area contributed by atoms with Crippen LogP contribution in [0.15, 0.2) is 18.5 Å². The van der Waals surface area contributed by atoms with Crippen molar-refractivity contribution in [1.82, 2.24) is 35.1 Å². The number of rotatable bonds is 4. The van der Waals surface area contributed by atoms with Crippen LogP contribution in [0.2, 0.25) is 0 Å². The average molecular weight is 354 g/mol. The summed E-state index contributed by atoms with van der Waals surface area (Å²) in [5.41, 5.74) is 2.18. The quantitative estimate of drug-likeness (QED) is 0.799. The number of anilines is 1. The molecular formula is C17H22N8O. The molecule has 0 bridgehead atoms. The van der Waals surface area contributed by atoms with Gasteiger partial charge in [-0.25, -0.2) is 14.6 Å². The van der Waals surface area contributed by atoms with Gasteiger partial charge < -0.3 is 10.2 Å². The first-order chi connectivity index (χ1) is 12.7. The van der Waals surface area contributed by atoms with Crippen molar-refractivity contribution < 1.29 is 4.79 Å². The van der Waals surface area contributed by atoms with Gasteiger partial charge in [0.15, 0.2) is 0 Å². The number of fused-ring (bicyclic) bond motifs is 1. The third kappa shape index (κ3) is 3.56. The molecule has 3 heterocycles. The Balaban J connectivity index is 1.49. The highest BCUT2D eigenvalue weighted by molar-refractivity contribution is 5.76. The normalized spacial score (nSPS) is 17.2. The summed E-state index contributed by atoms with van der Waals surface area (Å²) < 4.78 is 1.45. The van der Waals surface area contributed by atoms with Gasteiger partial charge in [0.25, 0.3) is 0 Å². The van der Waals surface area contributed by atoms with Crippen molar-refractivity contribution in [2.75, 3.05) is 18.4 Å². The molecule has 0 unspecified atom stereocenters. The Morgan fingerprint density at radius 2 is 2.04 bits per heavy atom. The van der Waals surface area contributed by atoms with Crippen LogP contribution in [-0.2, 0) is 24.2 Å². The van der Waals surface area contributed by atoms with E-state index in [1.54, 1.807) is 0 Å². The zero-order valence-corrected chi connectivity index (χ0v) is 14.8. The van der Waals surface area contributed by atoms with Gasteiger partial charge in [-0.2, -0.15) is 0 Å². The Hall–Kier alpha value is -2.84. The summed E-state index contributed by atoms with van der Waals surface area (Å²) in [5, 5.41) is 14.5. The fourth-order valence-corrected chi connectivity index (χ4v) is 3.51. The molecule has 4 rings (SSSR count). The molecule has 1 aliphatic heterocycles. The lowest BCUT2D eigenvalue weighted by atomic mass is 10.1. The zero-order valence-electron chi connectivity index (χ0n) is 14.8. The molecule has 0 fully saturated rings. The number of amides is 1. The number of carbonyl (C=O) groups excluding carboxylic acids is 1. The van der Waals surface area contributed by atoms with Crippen LogP contribution in [0.3, 0.4) is 0 Å². The molecule has 0 saturated carbocycles. The van der Waals surface area contributed by atoms with Gasteiger partial charge in [-0.3, -0.25) is 4.79 Å². The Labute approximate surface area is 151 Å². The van der Waals surface area contributed by atoms with Gasteiger partial charge in [0.2, 0.25) is 5.91 Å². The Kier molecular flexibility index (Phi) is 4.59. The number of tetrazole rings is 1. The highest BCUT2D eigenvalue weighted by atomic mass is 16.2. The number of aromatic nitrogens is 6. The molecule has 26 heavy (non-hydrogen) atoms. The first-order valence-corrected chi connectivity index (χ1v) is 8.95. The number of hydrogen-bond donors (Lipinski definition) is 1. The number of hydrogen-bond acceptors (Lipinski definition) is 7. The number of nitrogens with one attached hydrogen (secondary N) is 1. The summed E-state index contributed by atoms with van der Waals surface area (Å²) in [6.07, 6.45) is 9.38. The van der Waals surface area contributed by atoms with Gasteiger partial charge in [0, 0.05) is 31.1 Å². The highest BCUT2D eigenvalue weighted by Gasteiger charge is 2.24.